The van der Waals surface area contributed by atoms with Crippen molar-refractivity contribution < 1.29 is 28.6 Å². The third-order valence-electron chi connectivity index (χ3n) is 3.39. The smallest absolute Gasteiger partial charge is 0.309 e. The molecule has 0 aliphatic heterocycles. The van der Waals surface area contributed by atoms with Crippen molar-refractivity contribution in [3.63, 3.8) is 0 Å². The van der Waals surface area contributed by atoms with Crippen LogP contribution in [0.3, 0.4) is 0 Å². The highest BCUT2D eigenvalue weighted by Crippen LogP contribution is 2.36. The summed E-state index contributed by atoms with van der Waals surface area (Å²) in [4.78, 5) is 34.7. The topological polar surface area (TPSA) is 78.9 Å². The highest BCUT2D eigenvalue weighted by Gasteiger charge is 2.42. The lowest BCUT2D eigenvalue weighted by Gasteiger charge is -2.31. The number of carbonyl (C=O) groups excluding carboxylic acids is 3. The van der Waals surface area contributed by atoms with Crippen LogP contribution in [-0.2, 0) is 28.6 Å². The Bertz CT molecular complexity index is 337. The molecule has 1 aliphatic carbocycles. The van der Waals surface area contributed by atoms with Crippen LogP contribution in [0.4, 0.5) is 0 Å². The Morgan fingerprint density at radius 2 is 1.28 bits per heavy atom. The van der Waals surface area contributed by atoms with Gasteiger partial charge >= 0.3 is 17.9 Å². The van der Waals surface area contributed by atoms with Crippen molar-refractivity contribution in [1.29, 1.82) is 0 Å². The van der Waals surface area contributed by atoms with Crippen molar-refractivity contribution in [3.8, 4) is 0 Å². The number of esters is 3. The largest absolute Gasteiger partial charge is 0.469 e. The maximum Gasteiger partial charge on any atom is 0.309 e. The first-order valence-electron chi connectivity index (χ1n) is 5.78. The Labute approximate surface area is 106 Å². The molecule has 0 aromatic carbocycles. The lowest BCUT2D eigenvalue weighted by Crippen LogP contribution is -2.39. The van der Waals surface area contributed by atoms with Crippen molar-refractivity contribution in [2.75, 3.05) is 21.3 Å². The number of carbonyl (C=O) groups is 3. The predicted octanol–water partition coefficient (Wildman–Crippen LogP) is 0.538. The van der Waals surface area contributed by atoms with Crippen LogP contribution in [0.2, 0.25) is 0 Å². The van der Waals surface area contributed by atoms with Crippen molar-refractivity contribution in [1.82, 2.24) is 0 Å². The van der Waals surface area contributed by atoms with Gasteiger partial charge in [0.05, 0.1) is 39.1 Å². The molecule has 0 N–H and O–H groups in total. The maximum absolute atomic E-state index is 11.7. The fourth-order valence-electron chi connectivity index (χ4n) is 2.40. The monoisotopic (exact) mass is 258 g/mol. The molecule has 1 fully saturated rings. The molecule has 18 heavy (non-hydrogen) atoms. The molecule has 0 aromatic rings. The van der Waals surface area contributed by atoms with Crippen LogP contribution >= 0.6 is 0 Å². The van der Waals surface area contributed by atoms with Gasteiger partial charge in [0.25, 0.3) is 0 Å². The van der Waals surface area contributed by atoms with Crippen molar-refractivity contribution in [3.05, 3.63) is 0 Å². The first-order chi connectivity index (χ1) is 8.54. The molecule has 0 saturated heterocycles. The van der Waals surface area contributed by atoms with Crippen LogP contribution in [0, 0.1) is 17.8 Å². The third-order valence-corrected chi connectivity index (χ3v) is 3.39. The summed E-state index contributed by atoms with van der Waals surface area (Å²) in [5.41, 5.74) is 0. The van der Waals surface area contributed by atoms with Gasteiger partial charge < -0.3 is 14.2 Å². The maximum atomic E-state index is 11.7. The lowest BCUT2D eigenvalue weighted by atomic mass is 9.74. The van der Waals surface area contributed by atoms with E-state index in [1.54, 1.807) is 0 Å². The Hall–Kier alpha value is -1.59. The van der Waals surface area contributed by atoms with Gasteiger partial charge in [0, 0.05) is 0 Å². The molecule has 3 atom stereocenters. The second kappa shape index (κ2) is 6.37. The van der Waals surface area contributed by atoms with Crippen molar-refractivity contribution >= 4 is 17.9 Å². The summed E-state index contributed by atoms with van der Waals surface area (Å²) in [6, 6.07) is 0. The van der Waals surface area contributed by atoms with E-state index in [9.17, 15) is 14.4 Å². The van der Waals surface area contributed by atoms with Crippen LogP contribution < -0.4 is 0 Å². The molecule has 1 saturated carbocycles. The highest BCUT2D eigenvalue weighted by molar-refractivity contribution is 5.83. The molecular formula is C12H18O6. The number of hydrogen-bond acceptors (Lipinski definition) is 6. The van der Waals surface area contributed by atoms with Gasteiger partial charge in [-0.1, -0.05) is 0 Å². The second-order valence-electron chi connectivity index (χ2n) is 4.29. The summed E-state index contributed by atoms with van der Waals surface area (Å²) in [5.74, 6) is -2.82. The first kappa shape index (κ1) is 14.5. The zero-order valence-corrected chi connectivity index (χ0v) is 10.8. The third kappa shape index (κ3) is 3.00. The number of rotatable bonds is 3. The molecule has 0 bridgehead atoms. The summed E-state index contributed by atoms with van der Waals surface area (Å²) in [7, 11) is 3.85. The van der Waals surface area contributed by atoms with Crippen LogP contribution in [0.15, 0.2) is 0 Å². The highest BCUT2D eigenvalue weighted by atomic mass is 16.5. The van der Waals surface area contributed by atoms with Crippen LogP contribution in [0.5, 0.6) is 0 Å². The summed E-state index contributed by atoms with van der Waals surface area (Å²) >= 11 is 0. The molecule has 0 amide bonds. The SMILES string of the molecule is COC(=O)[C@@H]1CC[C@@H](C(=O)OC)[C@@H](C(=O)OC)C1. The standard InChI is InChI=1S/C12H18O6/c1-16-10(13)7-4-5-8(11(14)17-2)9(6-7)12(15)18-3/h7-9H,4-6H2,1-3H3/t7-,8-,9+/m1/s1. The van der Waals surface area contributed by atoms with Gasteiger partial charge in [0.1, 0.15) is 0 Å². The molecule has 102 valence electrons. The van der Waals surface area contributed by atoms with Crippen LogP contribution in [0.25, 0.3) is 0 Å². The summed E-state index contributed by atoms with van der Waals surface area (Å²) in [6.45, 7) is 0. The molecule has 6 nitrogen and oxygen atoms in total. The number of hydrogen-bond donors (Lipinski definition) is 0. The normalized spacial score (nSPS) is 27.2. The molecule has 0 unspecified atom stereocenters. The average Bonchev–Trinajstić information content (AvgIpc) is 2.43. The minimum absolute atomic E-state index is 0.263. The molecule has 0 radical (unpaired) electrons. The zero-order chi connectivity index (χ0) is 13.7. The van der Waals surface area contributed by atoms with E-state index in [0.29, 0.717) is 12.8 Å². The summed E-state index contributed by atoms with van der Waals surface area (Å²) < 4.78 is 14.0. The molecule has 6 heteroatoms. The van der Waals surface area contributed by atoms with E-state index >= 15 is 0 Å². The zero-order valence-electron chi connectivity index (χ0n) is 10.8. The Morgan fingerprint density at radius 1 is 0.778 bits per heavy atom. The van der Waals surface area contributed by atoms with E-state index in [2.05, 4.69) is 14.2 Å². The Kier molecular flexibility index (Phi) is 5.12. The van der Waals surface area contributed by atoms with Gasteiger partial charge in [-0.3, -0.25) is 14.4 Å². The van der Waals surface area contributed by atoms with Crippen LogP contribution in [-0.4, -0.2) is 39.2 Å². The number of ether oxygens (including phenoxy) is 3. The predicted molar refractivity (Wildman–Crippen MR) is 60.4 cm³/mol. The molecule has 0 heterocycles. The minimum Gasteiger partial charge on any atom is -0.469 e. The minimum atomic E-state index is -0.639. The molecule has 1 rings (SSSR count). The Morgan fingerprint density at radius 3 is 1.78 bits per heavy atom. The fourth-order valence-corrected chi connectivity index (χ4v) is 2.40. The summed E-state index contributed by atoms with van der Waals surface area (Å²) in [5, 5.41) is 0. The van der Waals surface area contributed by atoms with E-state index in [1.807, 2.05) is 0 Å². The van der Waals surface area contributed by atoms with E-state index in [-0.39, 0.29) is 18.3 Å². The van der Waals surface area contributed by atoms with E-state index in [0.717, 1.165) is 0 Å². The molecule has 1 aliphatic rings. The van der Waals surface area contributed by atoms with Gasteiger partial charge in [-0.15, -0.1) is 0 Å². The number of methoxy groups -OCH3 is 3. The van der Waals surface area contributed by atoms with Crippen molar-refractivity contribution in [2.24, 2.45) is 17.8 Å². The van der Waals surface area contributed by atoms with E-state index in [1.165, 1.54) is 21.3 Å². The van der Waals surface area contributed by atoms with Gasteiger partial charge in [-0.05, 0) is 19.3 Å². The fraction of sp³-hybridized carbons (Fsp3) is 0.750. The second-order valence-corrected chi connectivity index (χ2v) is 4.29. The van der Waals surface area contributed by atoms with Gasteiger partial charge in [-0.2, -0.15) is 0 Å². The lowest BCUT2D eigenvalue weighted by molar-refractivity contribution is -0.163. The average molecular weight is 258 g/mol. The van der Waals surface area contributed by atoms with Crippen molar-refractivity contribution in [2.45, 2.75) is 19.3 Å². The van der Waals surface area contributed by atoms with Gasteiger partial charge in [-0.25, -0.2) is 0 Å². The van der Waals surface area contributed by atoms with E-state index in [4.69, 9.17) is 0 Å². The van der Waals surface area contributed by atoms with Crippen LogP contribution in [0.1, 0.15) is 19.3 Å². The summed E-state index contributed by atoms with van der Waals surface area (Å²) in [6.07, 6.45) is 1.20. The van der Waals surface area contributed by atoms with Gasteiger partial charge in [0.2, 0.25) is 0 Å². The first-order valence-corrected chi connectivity index (χ1v) is 5.78. The van der Waals surface area contributed by atoms with E-state index < -0.39 is 23.8 Å². The molecule has 0 aromatic heterocycles. The molecular weight excluding hydrogens is 240 g/mol. The quantitative estimate of drug-likeness (QED) is 0.543. The molecule has 0 spiro atoms. The Balaban J connectivity index is 2.82. The van der Waals surface area contributed by atoms with Gasteiger partial charge in [0.15, 0.2) is 0 Å².